The van der Waals surface area contributed by atoms with Crippen LogP contribution >= 0.6 is 0 Å². The molecule has 0 N–H and O–H groups in total. The molecule has 132 valence electrons. The number of carbonyl (C=O) groups excluding carboxylic acids is 1. The Labute approximate surface area is 146 Å². The van der Waals surface area contributed by atoms with Crippen LogP contribution in [0.2, 0.25) is 0 Å². The second-order valence-corrected chi connectivity index (χ2v) is 6.24. The third-order valence-corrected chi connectivity index (χ3v) is 4.53. The fraction of sp³-hybridized carbons (Fsp3) is 0.368. The van der Waals surface area contributed by atoms with Gasteiger partial charge in [0.05, 0.1) is 13.7 Å². The standard InChI is InChI=1S/C19H22N2O4/c1-13-9-17(11-18(22)20(13)2)25-16-7-8-21(12-16)19(23)14-5-4-6-15(10-14)24-3/h4-6,9-11,16H,7-8,12H2,1-3H3. The largest absolute Gasteiger partial charge is 0.497 e. The van der Waals surface area contributed by atoms with Gasteiger partial charge < -0.3 is 18.9 Å². The second-order valence-electron chi connectivity index (χ2n) is 6.24. The fourth-order valence-corrected chi connectivity index (χ4v) is 2.94. The van der Waals surface area contributed by atoms with Gasteiger partial charge in [0.15, 0.2) is 0 Å². The van der Waals surface area contributed by atoms with Crippen LogP contribution in [0.1, 0.15) is 22.5 Å². The number of rotatable bonds is 4. The zero-order valence-electron chi connectivity index (χ0n) is 14.7. The highest BCUT2D eigenvalue weighted by molar-refractivity contribution is 5.94. The molecule has 1 saturated heterocycles. The molecule has 0 spiro atoms. The highest BCUT2D eigenvalue weighted by Gasteiger charge is 2.28. The van der Waals surface area contributed by atoms with E-state index in [1.807, 2.05) is 19.1 Å². The summed E-state index contributed by atoms with van der Waals surface area (Å²) in [6, 6.07) is 10.5. The number of aryl methyl sites for hydroxylation is 1. The summed E-state index contributed by atoms with van der Waals surface area (Å²) in [5.41, 5.74) is 1.34. The van der Waals surface area contributed by atoms with Crippen molar-refractivity contribution >= 4 is 5.91 Å². The first-order chi connectivity index (χ1) is 12.0. The van der Waals surface area contributed by atoms with E-state index in [1.54, 1.807) is 41.8 Å². The average Bonchev–Trinajstić information content (AvgIpc) is 3.07. The molecule has 1 amide bonds. The number of aromatic nitrogens is 1. The maximum atomic E-state index is 12.6. The lowest BCUT2D eigenvalue weighted by molar-refractivity contribution is 0.0772. The van der Waals surface area contributed by atoms with Crippen LogP contribution in [0.4, 0.5) is 0 Å². The SMILES string of the molecule is COc1cccc(C(=O)N2CCC(Oc3cc(C)n(C)c(=O)c3)C2)c1. The molecule has 6 heteroatoms. The number of hydrogen-bond acceptors (Lipinski definition) is 4. The van der Waals surface area contributed by atoms with Gasteiger partial charge in [-0.2, -0.15) is 0 Å². The molecule has 0 saturated carbocycles. The molecule has 0 aliphatic carbocycles. The van der Waals surface area contributed by atoms with Gasteiger partial charge in [-0.1, -0.05) is 6.07 Å². The second kappa shape index (κ2) is 7.01. The average molecular weight is 342 g/mol. The summed E-state index contributed by atoms with van der Waals surface area (Å²) in [5, 5.41) is 0. The Bertz CT molecular complexity index is 844. The van der Waals surface area contributed by atoms with Crippen LogP contribution in [0, 0.1) is 6.92 Å². The number of carbonyl (C=O) groups is 1. The molecule has 0 bridgehead atoms. The number of pyridine rings is 1. The van der Waals surface area contributed by atoms with Gasteiger partial charge in [0.1, 0.15) is 17.6 Å². The molecule has 0 radical (unpaired) electrons. The van der Waals surface area contributed by atoms with E-state index in [1.165, 1.54) is 6.07 Å². The minimum Gasteiger partial charge on any atom is -0.497 e. The molecule has 3 rings (SSSR count). The summed E-state index contributed by atoms with van der Waals surface area (Å²) in [4.78, 5) is 26.3. The van der Waals surface area contributed by atoms with Crippen molar-refractivity contribution in [1.29, 1.82) is 0 Å². The number of likely N-dealkylation sites (tertiary alicyclic amines) is 1. The van der Waals surface area contributed by atoms with Crippen molar-refractivity contribution in [2.75, 3.05) is 20.2 Å². The van der Waals surface area contributed by atoms with Crippen LogP contribution in [-0.2, 0) is 7.05 Å². The van der Waals surface area contributed by atoms with Crippen molar-refractivity contribution in [1.82, 2.24) is 9.47 Å². The summed E-state index contributed by atoms with van der Waals surface area (Å²) in [6.07, 6.45) is 0.630. The quantitative estimate of drug-likeness (QED) is 0.853. The molecule has 2 aromatic rings. The Balaban J connectivity index is 1.67. The third-order valence-electron chi connectivity index (χ3n) is 4.53. The van der Waals surface area contributed by atoms with E-state index in [2.05, 4.69) is 0 Å². The van der Waals surface area contributed by atoms with Gasteiger partial charge >= 0.3 is 0 Å². The van der Waals surface area contributed by atoms with Crippen LogP contribution in [0.25, 0.3) is 0 Å². The maximum Gasteiger partial charge on any atom is 0.254 e. The van der Waals surface area contributed by atoms with Crippen LogP contribution in [0.5, 0.6) is 11.5 Å². The highest BCUT2D eigenvalue weighted by atomic mass is 16.5. The maximum absolute atomic E-state index is 12.6. The van der Waals surface area contributed by atoms with Crippen LogP contribution in [-0.4, -0.2) is 41.7 Å². The van der Waals surface area contributed by atoms with E-state index in [-0.39, 0.29) is 17.6 Å². The Morgan fingerprint density at radius 2 is 2.00 bits per heavy atom. The Morgan fingerprint density at radius 1 is 1.20 bits per heavy atom. The van der Waals surface area contributed by atoms with E-state index < -0.39 is 0 Å². The van der Waals surface area contributed by atoms with E-state index in [9.17, 15) is 9.59 Å². The lowest BCUT2D eigenvalue weighted by Gasteiger charge is -2.18. The first-order valence-corrected chi connectivity index (χ1v) is 8.25. The van der Waals surface area contributed by atoms with Crippen molar-refractivity contribution in [2.45, 2.75) is 19.4 Å². The highest BCUT2D eigenvalue weighted by Crippen LogP contribution is 2.21. The molecule has 1 aromatic carbocycles. The summed E-state index contributed by atoms with van der Waals surface area (Å²) < 4.78 is 12.7. The topological polar surface area (TPSA) is 60.8 Å². The van der Waals surface area contributed by atoms with Gasteiger partial charge in [-0.15, -0.1) is 0 Å². The summed E-state index contributed by atoms with van der Waals surface area (Å²) in [5.74, 6) is 1.18. The van der Waals surface area contributed by atoms with Crippen LogP contribution < -0.4 is 15.0 Å². The van der Waals surface area contributed by atoms with Gasteiger partial charge in [-0.3, -0.25) is 9.59 Å². The molecular formula is C19H22N2O4. The normalized spacial score (nSPS) is 16.8. The molecule has 2 heterocycles. The molecule has 25 heavy (non-hydrogen) atoms. The fourth-order valence-electron chi connectivity index (χ4n) is 2.94. The molecule has 1 fully saturated rings. The van der Waals surface area contributed by atoms with Crippen molar-refractivity contribution in [2.24, 2.45) is 7.05 Å². The number of nitrogens with zero attached hydrogens (tertiary/aromatic N) is 2. The van der Waals surface area contributed by atoms with Gasteiger partial charge in [0, 0.05) is 37.3 Å². The van der Waals surface area contributed by atoms with Crippen LogP contribution in [0.3, 0.4) is 0 Å². The lowest BCUT2D eigenvalue weighted by atomic mass is 10.2. The van der Waals surface area contributed by atoms with Gasteiger partial charge in [0.25, 0.3) is 11.5 Å². The third kappa shape index (κ3) is 3.68. The van der Waals surface area contributed by atoms with E-state index in [0.717, 1.165) is 12.1 Å². The summed E-state index contributed by atoms with van der Waals surface area (Å²) in [7, 11) is 3.31. The predicted octanol–water partition coefficient (Wildman–Crippen LogP) is 2.00. The molecule has 1 aliphatic heterocycles. The first kappa shape index (κ1) is 17.1. The summed E-state index contributed by atoms with van der Waals surface area (Å²) in [6.45, 7) is 3.00. The number of hydrogen-bond donors (Lipinski definition) is 0. The number of amides is 1. The van der Waals surface area contributed by atoms with Gasteiger partial charge in [-0.25, -0.2) is 0 Å². The Morgan fingerprint density at radius 3 is 2.72 bits per heavy atom. The van der Waals surface area contributed by atoms with Crippen molar-refractivity contribution in [3.63, 3.8) is 0 Å². The Kier molecular flexibility index (Phi) is 4.79. The minimum absolute atomic E-state index is 0.0369. The molecule has 1 aromatic heterocycles. The van der Waals surface area contributed by atoms with Gasteiger partial charge in [0.2, 0.25) is 0 Å². The smallest absolute Gasteiger partial charge is 0.254 e. The van der Waals surface area contributed by atoms with Crippen molar-refractivity contribution < 1.29 is 14.3 Å². The van der Waals surface area contributed by atoms with E-state index in [4.69, 9.17) is 9.47 Å². The monoisotopic (exact) mass is 342 g/mol. The molecule has 1 unspecified atom stereocenters. The zero-order chi connectivity index (χ0) is 18.0. The van der Waals surface area contributed by atoms with Crippen LogP contribution in [0.15, 0.2) is 41.2 Å². The number of methoxy groups -OCH3 is 1. The molecule has 1 atom stereocenters. The number of benzene rings is 1. The van der Waals surface area contributed by atoms with Gasteiger partial charge in [-0.05, 0) is 31.2 Å². The zero-order valence-corrected chi connectivity index (χ0v) is 14.7. The Hall–Kier alpha value is -2.76. The minimum atomic E-state index is -0.110. The van der Waals surface area contributed by atoms with E-state index >= 15 is 0 Å². The van der Waals surface area contributed by atoms with E-state index in [0.29, 0.717) is 30.2 Å². The first-order valence-electron chi connectivity index (χ1n) is 8.25. The molecule has 6 nitrogen and oxygen atoms in total. The van der Waals surface area contributed by atoms with Crippen molar-refractivity contribution in [3.05, 3.63) is 58.0 Å². The molecular weight excluding hydrogens is 320 g/mol. The predicted molar refractivity (Wildman–Crippen MR) is 94.4 cm³/mol. The molecule has 1 aliphatic rings. The lowest BCUT2D eigenvalue weighted by Crippen LogP contribution is -2.31. The van der Waals surface area contributed by atoms with Crippen molar-refractivity contribution in [3.8, 4) is 11.5 Å². The summed E-state index contributed by atoms with van der Waals surface area (Å²) >= 11 is 0. The number of ether oxygens (including phenoxy) is 2.